The summed E-state index contributed by atoms with van der Waals surface area (Å²) in [7, 11) is -5.12. The first kappa shape index (κ1) is 46.6. The van der Waals surface area contributed by atoms with Gasteiger partial charge in [0.2, 0.25) is 17.7 Å². The lowest BCUT2D eigenvalue weighted by Crippen LogP contribution is -2.69. The van der Waals surface area contributed by atoms with Gasteiger partial charge in [0.05, 0.1) is 24.1 Å². The number of fused-ring (bicyclic) bond motifs is 7. The first-order valence-corrected chi connectivity index (χ1v) is 23.1. The predicted octanol–water partition coefficient (Wildman–Crippen LogP) is 3.15. The SMILES string of the molecule is C[C@]12C=CC(=O)C=C1CC[C@H]1[C@@H]3C[C@H]4O[C@@H](c5ccn(Cc6cccc(NC(=O)[C@H](CCC(=O)O)NC(=O)CNC(=O)CBr)c6)c5)O[C@@]4(C(=O)COP(=O)(O)O)[C@@]3(C)C[C@H](O)[C@@]12F. The maximum Gasteiger partial charge on any atom is 0.470 e. The zero-order chi connectivity index (χ0) is 45.7. The molecule has 340 valence electrons. The van der Waals surface area contributed by atoms with Crippen molar-refractivity contribution in [2.24, 2.45) is 22.7 Å². The molecule has 0 spiro atoms. The predicted molar refractivity (Wildman–Crippen MR) is 222 cm³/mol. The number of nitrogens with one attached hydrogen (secondary N) is 3. The van der Waals surface area contributed by atoms with Gasteiger partial charge in [0.15, 0.2) is 29.1 Å². The Kier molecular flexibility index (Phi) is 13.0. The van der Waals surface area contributed by atoms with Crippen LogP contribution in [0.5, 0.6) is 0 Å². The van der Waals surface area contributed by atoms with Gasteiger partial charge in [0.1, 0.15) is 12.6 Å². The number of aliphatic carboxylic acids is 1. The number of carbonyl (C=O) groups excluding carboxylic acids is 5. The first-order chi connectivity index (χ1) is 29.6. The molecular weight excluding hydrogens is 914 g/mol. The quantitative estimate of drug-likeness (QED) is 0.0942. The summed E-state index contributed by atoms with van der Waals surface area (Å²) in [6, 6.07) is 7.24. The van der Waals surface area contributed by atoms with Gasteiger partial charge in [0, 0.05) is 53.4 Å². The summed E-state index contributed by atoms with van der Waals surface area (Å²) in [5, 5.41) is 28.6. The number of halogens is 2. The lowest BCUT2D eigenvalue weighted by atomic mass is 9.44. The molecule has 4 aliphatic carbocycles. The number of carbonyl (C=O) groups is 6. The summed E-state index contributed by atoms with van der Waals surface area (Å²) in [6.45, 7) is 2.20. The van der Waals surface area contributed by atoms with E-state index in [1.165, 1.54) is 18.2 Å². The van der Waals surface area contributed by atoms with E-state index in [2.05, 4.69) is 31.9 Å². The van der Waals surface area contributed by atoms with E-state index in [1.807, 2.05) is 0 Å². The van der Waals surface area contributed by atoms with Crippen LogP contribution in [0.1, 0.15) is 69.8 Å². The number of aromatic nitrogens is 1. The van der Waals surface area contributed by atoms with Crippen LogP contribution < -0.4 is 16.0 Å². The molecule has 1 aromatic heterocycles. The number of nitrogens with zero attached hydrogens (tertiary/aromatic N) is 1. The van der Waals surface area contributed by atoms with Crippen molar-refractivity contribution in [2.45, 2.75) is 94.7 Å². The van der Waals surface area contributed by atoms with Crippen molar-refractivity contribution in [3.8, 4) is 0 Å². The van der Waals surface area contributed by atoms with E-state index >= 15 is 4.39 Å². The van der Waals surface area contributed by atoms with Crippen molar-refractivity contribution in [3.63, 3.8) is 0 Å². The monoisotopic (exact) mass is 962 g/mol. The van der Waals surface area contributed by atoms with Crippen LogP contribution in [0, 0.1) is 22.7 Å². The third kappa shape index (κ3) is 8.64. The fourth-order valence-corrected chi connectivity index (χ4v) is 11.2. The molecule has 0 bridgehead atoms. The number of amides is 3. The van der Waals surface area contributed by atoms with Gasteiger partial charge in [-0.1, -0.05) is 46.6 Å². The Morgan fingerprint density at radius 3 is 2.60 bits per heavy atom. The van der Waals surface area contributed by atoms with E-state index in [1.54, 1.807) is 61.1 Å². The number of phosphoric ester groups is 1. The molecule has 1 aliphatic heterocycles. The summed E-state index contributed by atoms with van der Waals surface area (Å²) in [5.74, 6) is -5.46. The van der Waals surface area contributed by atoms with Gasteiger partial charge >= 0.3 is 13.8 Å². The third-order valence-electron chi connectivity index (χ3n) is 13.6. The largest absolute Gasteiger partial charge is 0.481 e. The molecule has 7 N–H and O–H groups in total. The van der Waals surface area contributed by atoms with Crippen LogP contribution in [0.25, 0.3) is 0 Å². The van der Waals surface area contributed by atoms with E-state index in [0.29, 0.717) is 28.8 Å². The number of allylic oxidation sites excluding steroid dienone is 4. The van der Waals surface area contributed by atoms with Crippen LogP contribution >= 0.6 is 23.8 Å². The van der Waals surface area contributed by atoms with Gasteiger partial charge in [-0.15, -0.1) is 0 Å². The van der Waals surface area contributed by atoms with Crippen molar-refractivity contribution in [1.29, 1.82) is 0 Å². The van der Waals surface area contributed by atoms with Gasteiger partial charge in [-0.2, -0.15) is 0 Å². The van der Waals surface area contributed by atoms with Crippen LogP contribution in [-0.2, 0) is 53.9 Å². The van der Waals surface area contributed by atoms with Crippen molar-refractivity contribution in [3.05, 3.63) is 77.7 Å². The van der Waals surface area contributed by atoms with Crippen molar-refractivity contribution in [1.82, 2.24) is 15.2 Å². The zero-order valence-electron chi connectivity index (χ0n) is 34.3. The number of alkyl halides is 2. The lowest BCUT2D eigenvalue weighted by Gasteiger charge is -2.62. The lowest BCUT2D eigenvalue weighted by molar-refractivity contribution is -0.231. The number of phosphoric acid groups is 1. The number of carboxylic acids is 1. The third-order valence-corrected chi connectivity index (χ3v) is 14.6. The Morgan fingerprint density at radius 1 is 1.13 bits per heavy atom. The normalized spacial score (nSPS) is 32.3. The molecule has 7 rings (SSSR count). The molecule has 63 heavy (non-hydrogen) atoms. The minimum absolute atomic E-state index is 0.0349. The van der Waals surface area contributed by atoms with Crippen LogP contribution in [0.4, 0.5) is 10.1 Å². The number of hydrogen-bond donors (Lipinski definition) is 7. The fourth-order valence-electron chi connectivity index (χ4n) is 10.7. The molecule has 0 unspecified atom stereocenters. The number of rotatable bonds is 16. The number of Topliss-reactive ketones (excluding diaryl/α,β-unsaturated/α-hetero) is 1. The molecule has 0 radical (unpaired) electrons. The van der Waals surface area contributed by atoms with E-state index in [4.69, 9.17) is 14.0 Å². The molecule has 1 saturated heterocycles. The highest BCUT2D eigenvalue weighted by Crippen LogP contribution is 2.72. The van der Waals surface area contributed by atoms with Crippen molar-refractivity contribution < 1.29 is 71.7 Å². The number of ether oxygens (including phenoxy) is 2. The topological polar surface area (TPSA) is 269 Å². The molecule has 5 aliphatic rings. The highest BCUT2D eigenvalue weighted by atomic mass is 79.9. The average molecular weight is 964 g/mol. The number of carboxylic acid groups (broad SMARTS) is 1. The molecule has 1 aromatic carbocycles. The molecule has 21 heteroatoms. The zero-order valence-corrected chi connectivity index (χ0v) is 36.8. The Bertz CT molecular complexity index is 2320. The van der Waals surface area contributed by atoms with Gasteiger partial charge < -0.3 is 50.0 Å². The number of aliphatic hydroxyl groups excluding tert-OH is 1. The number of hydrogen-bond acceptors (Lipinski definition) is 11. The molecule has 18 nitrogen and oxygen atoms in total. The van der Waals surface area contributed by atoms with Crippen LogP contribution in [0.2, 0.25) is 0 Å². The highest BCUT2D eigenvalue weighted by Gasteiger charge is 2.79. The molecule has 3 amide bonds. The highest BCUT2D eigenvalue weighted by molar-refractivity contribution is 9.09. The average Bonchev–Trinajstić information content (AvgIpc) is 3.91. The van der Waals surface area contributed by atoms with Gasteiger partial charge in [0.25, 0.3) is 0 Å². The van der Waals surface area contributed by atoms with Crippen molar-refractivity contribution >= 4 is 64.7 Å². The molecule has 2 heterocycles. The number of aliphatic hydroxyl groups is 1. The molecule has 3 saturated carbocycles. The number of anilines is 1. The number of ketones is 2. The second-order valence-corrected chi connectivity index (χ2v) is 19.1. The smallest absolute Gasteiger partial charge is 0.470 e. The Morgan fingerprint density at radius 2 is 1.89 bits per heavy atom. The van der Waals surface area contributed by atoms with E-state index in [9.17, 15) is 53.3 Å². The maximum absolute atomic E-state index is 17.9. The molecule has 2 aromatic rings. The Hall–Kier alpha value is -4.40. The van der Waals surface area contributed by atoms with E-state index < -0.39 is 115 Å². The minimum Gasteiger partial charge on any atom is -0.481 e. The summed E-state index contributed by atoms with van der Waals surface area (Å²) in [5.41, 5.74) is -4.59. The summed E-state index contributed by atoms with van der Waals surface area (Å²) >= 11 is 2.97. The van der Waals surface area contributed by atoms with E-state index in [0.717, 1.165) is 0 Å². The van der Waals surface area contributed by atoms with Gasteiger partial charge in [-0.25, -0.2) is 8.96 Å². The van der Waals surface area contributed by atoms with Gasteiger partial charge in [-0.05, 0) is 80.9 Å². The summed E-state index contributed by atoms with van der Waals surface area (Å²) in [4.78, 5) is 94.3. The second-order valence-electron chi connectivity index (χ2n) is 17.3. The Labute approximate surface area is 369 Å². The number of benzene rings is 1. The molecule has 10 atom stereocenters. The molecule has 4 fully saturated rings. The molecular formula is C42H49BrFN4O14P. The van der Waals surface area contributed by atoms with E-state index in [-0.39, 0.29) is 43.3 Å². The maximum atomic E-state index is 17.9. The van der Waals surface area contributed by atoms with Crippen molar-refractivity contribution in [2.75, 3.05) is 23.8 Å². The van der Waals surface area contributed by atoms with Gasteiger partial charge in [-0.3, -0.25) is 33.3 Å². The van der Waals surface area contributed by atoms with Crippen LogP contribution in [0.15, 0.2) is 66.5 Å². The Balaban J connectivity index is 1.09. The summed E-state index contributed by atoms with van der Waals surface area (Å²) < 4.78 is 49.3. The van der Waals surface area contributed by atoms with Crippen LogP contribution in [0.3, 0.4) is 0 Å². The summed E-state index contributed by atoms with van der Waals surface area (Å²) in [6.07, 6.45) is 3.78. The first-order valence-electron chi connectivity index (χ1n) is 20.4. The fraction of sp³-hybridized carbons (Fsp3) is 0.524. The standard InChI is InChI=1S/C42H49BrFN4O14P/c1-39-12-10-27(49)15-25(39)6-7-28-29-16-33-42(32(51)22-60-63(57,58)59,40(29,2)17-31(50)41(28,39)44)62-38(61-33)24-11-13-48(21-24)20-23-4-3-5-26(14-23)46-37(56)30(8-9-36(54)55)47-35(53)19-45-34(52)18-43/h3-5,10-15,21,28-31,33,38,50H,6-9,16-20,22H2,1-2H3,(H,45,52)(H,46,56)(H,47,53)(H,54,55)(H2,57,58,59)/t28-,29-,30-,31-,33+,38+,39-,40-,41-,42+/m0/s1. The second kappa shape index (κ2) is 17.5. The minimum atomic E-state index is -5.12. The van der Waals surface area contributed by atoms with Crippen LogP contribution in [-0.4, -0.2) is 108 Å².